The number of nitrogens with zero attached hydrogens (tertiary/aromatic N) is 4. The van der Waals surface area contributed by atoms with Crippen LogP contribution < -0.4 is 15.5 Å². The minimum atomic E-state index is 0. The molecular weight excluding hydrogens is 523 g/mol. The summed E-state index contributed by atoms with van der Waals surface area (Å²) in [6, 6.07) is 20.1. The lowest BCUT2D eigenvalue weighted by atomic mass is 10.1. The van der Waals surface area contributed by atoms with Gasteiger partial charge in [-0.3, -0.25) is 9.89 Å². The minimum absolute atomic E-state index is 0. The molecule has 2 saturated heterocycles. The third kappa shape index (κ3) is 7.86. The predicted molar refractivity (Wildman–Crippen MR) is 150 cm³/mol. The van der Waals surface area contributed by atoms with Crippen LogP contribution >= 0.6 is 24.0 Å². The second kappa shape index (κ2) is 13.2. The first-order chi connectivity index (χ1) is 15.7. The molecule has 0 aliphatic carbocycles. The van der Waals surface area contributed by atoms with Gasteiger partial charge >= 0.3 is 0 Å². The average molecular weight is 563 g/mol. The van der Waals surface area contributed by atoms with E-state index in [0.717, 1.165) is 51.6 Å². The van der Waals surface area contributed by atoms with E-state index < -0.39 is 0 Å². The highest BCUT2D eigenvalue weighted by molar-refractivity contribution is 14.0. The third-order valence-electron chi connectivity index (χ3n) is 6.58. The fraction of sp³-hybridized carbons (Fsp3) is 0.500. The highest BCUT2D eigenvalue weighted by Gasteiger charge is 2.23. The molecule has 4 rings (SSSR count). The molecule has 2 aliphatic heterocycles. The Kier molecular flexibility index (Phi) is 10.3. The number of hydrogen-bond acceptors (Lipinski definition) is 4. The van der Waals surface area contributed by atoms with Crippen molar-refractivity contribution in [2.75, 3.05) is 58.3 Å². The Morgan fingerprint density at radius 3 is 2.45 bits per heavy atom. The van der Waals surface area contributed by atoms with Gasteiger partial charge in [-0.2, -0.15) is 0 Å². The molecule has 0 amide bonds. The van der Waals surface area contributed by atoms with Gasteiger partial charge in [0.1, 0.15) is 0 Å². The van der Waals surface area contributed by atoms with Gasteiger partial charge in [-0.05, 0) is 56.2 Å². The summed E-state index contributed by atoms with van der Waals surface area (Å²) in [5.74, 6) is 0.877. The van der Waals surface area contributed by atoms with Gasteiger partial charge in [-0.25, -0.2) is 0 Å². The van der Waals surface area contributed by atoms with E-state index in [1.165, 1.54) is 36.3 Å². The lowest BCUT2D eigenvalue weighted by Crippen LogP contribution is -2.44. The standard InChI is InChI=1S/C26H38N6.HI/c1-27-26(29-24-13-16-32(21-24)25-7-4-3-5-8-25)28-19-22-9-11-23(12-10-22)20-31-15-6-14-30(2)17-18-31;/h3-5,7-12,24H,6,13-21H2,1-2H3,(H2,27,28,29);1H. The quantitative estimate of drug-likeness (QED) is 0.321. The molecule has 7 heteroatoms. The van der Waals surface area contributed by atoms with Crippen LogP contribution in [0, 0.1) is 0 Å². The lowest BCUT2D eigenvalue weighted by Gasteiger charge is -2.21. The summed E-state index contributed by atoms with van der Waals surface area (Å²) in [5.41, 5.74) is 3.98. The van der Waals surface area contributed by atoms with Crippen LogP contribution in [0.25, 0.3) is 0 Å². The topological polar surface area (TPSA) is 46.1 Å². The Balaban J connectivity index is 0.00000306. The molecule has 2 N–H and O–H groups in total. The Morgan fingerprint density at radius 2 is 1.70 bits per heavy atom. The number of halogens is 1. The molecular formula is C26H39IN6. The van der Waals surface area contributed by atoms with Gasteiger partial charge < -0.3 is 20.4 Å². The monoisotopic (exact) mass is 562 g/mol. The maximum Gasteiger partial charge on any atom is 0.191 e. The number of guanidine groups is 1. The van der Waals surface area contributed by atoms with Crippen LogP contribution in [0.4, 0.5) is 5.69 Å². The number of rotatable bonds is 6. The third-order valence-corrected chi connectivity index (χ3v) is 6.58. The van der Waals surface area contributed by atoms with Crippen molar-refractivity contribution in [3.8, 4) is 0 Å². The molecule has 0 radical (unpaired) electrons. The van der Waals surface area contributed by atoms with E-state index >= 15 is 0 Å². The van der Waals surface area contributed by atoms with Crippen LogP contribution in [-0.2, 0) is 13.1 Å². The number of benzene rings is 2. The minimum Gasteiger partial charge on any atom is -0.369 e. The van der Waals surface area contributed by atoms with Crippen molar-refractivity contribution in [2.24, 2.45) is 4.99 Å². The molecule has 2 heterocycles. The molecule has 2 aromatic rings. The Labute approximate surface area is 216 Å². The van der Waals surface area contributed by atoms with Crippen molar-refractivity contribution < 1.29 is 0 Å². The number of likely N-dealkylation sites (N-methyl/N-ethyl adjacent to an activating group) is 1. The van der Waals surface area contributed by atoms with Gasteiger partial charge in [0.15, 0.2) is 5.96 Å². The van der Waals surface area contributed by atoms with Gasteiger partial charge in [-0.15, -0.1) is 24.0 Å². The first kappa shape index (κ1) is 25.8. The van der Waals surface area contributed by atoms with Crippen molar-refractivity contribution in [3.63, 3.8) is 0 Å². The molecule has 2 aromatic carbocycles. The molecule has 0 aromatic heterocycles. The number of para-hydroxylation sites is 1. The zero-order valence-corrected chi connectivity index (χ0v) is 22.4. The number of aliphatic imine (C=N–C) groups is 1. The van der Waals surface area contributed by atoms with E-state index in [2.05, 4.69) is 92.0 Å². The summed E-state index contributed by atoms with van der Waals surface area (Å²) in [7, 11) is 4.07. The Hall–Kier alpha value is -1.84. The van der Waals surface area contributed by atoms with E-state index in [0.29, 0.717) is 6.04 Å². The van der Waals surface area contributed by atoms with Crippen LogP contribution in [0.2, 0.25) is 0 Å². The van der Waals surface area contributed by atoms with Crippen LogP contribution in [0.15, 0.2) is 59.6 Å². The first-order valence-electron chi connectivity index (χ1n) is 12.0. The van der Waals surface area contributed by atoms with Crippen LogP contribution in [-0.4, -0.2) is 75.2 Å². The van der Waals surface area contributed by atoms with Gasteiger partial charge in [0.05, 0.1) is 0 Å². The van der Waals surface area contributed by atoms with Gasteiger partial charge in [0.25, 0.3) is 0 Å². The predicted octanol–water partition coefficient (Wildman–Crippen LogP) is 3.39. The molecule has 1 atom stereocenters. The number of nitrogens with one attached hydrogen (secondary N) is 2. The maximum atomic E-state index is 4.44. The maximum absolute atomic E-state index is 4.44. The van der Waals surface area contributed by atoms with Gasteiger partial charge in [0.2, 0.25) is 0 Å². The first-order valence-corrected chi connectivity index (χ1v) is 12.0. The van der Waals surface area contributed by atoms with E-state index in [-0.39, 0.29) is 24.0 Å². The zero-order valence-electron chi connectivity index (χ0n) is 20.0. The molecule has 6 nitrogen and oxygen atoms in total. The van der Waals surface area contributed by atoms with Crippen LogP contribution in [0.3, 0.4) is 0 Å². The molecule has 0 bridgehead atoms. The average Bonchev–Trinajstić information content (AvgIpc) is 3.20. The van der Waals surface area contributed by atoms with Crippen LogP contribution in [0.1, 0.15) is 24.0 Å². The van der Waals surface area contributed by atoms with Gasteiger partial charge in [0, 0.05) is 58.0 Å². The van der Waals surface area contributed by atoms with Crippen molar-refractivity contribution in [1.29, 1.82) is 0 Å². The number of anilines is 1. The largest absolute Gasteiger partial charge is 0.369 e. The molecule has 2 fully saturated rings. The second-order valence-electron chi connectivity index (χ2n) is 9.09. The number of hydrogen-bond donors (Lipinski definition) is 2. The Morgan fingerprint density at radius 1 is 0.939 bits per heavy atom. The van der Waals surface area contributed by atoms with E-state index in [1.807, 2.05) is 7.05 Å². The van der Waals surface area contributed by atoms with Gasteiger partial charge in [-0.1, -0.05) is 42.5 Å². The highest BCUT2D eigenvalue weighted by atomic mass is 127. The van der Waals surface area contributed by atoms with E-state index in [9.17, 15) is 0 Å². The fourth-order valence-electron chi connectivity index (χ4n) is 4.60. The summed E-state index contributed by atoms with van der Waals surface area (Å²) in [5, 5.41) is 7.08. The van der Waals surface area contributed by atoms with E-state index in [4.69, 9.17) is 0 Å². The van der Waals surface area contributed by atoms with Crippen molar-refractivity contribution in [2.45, 2.75) is 32.0 Å². The summed E-state index contributed by atoms with van der Waals surface area (Å²) in [6.07, 6.45) is 2.38. The molecule has 1 unspecified atom stereocenters. The van der Waals surface area contributed by atoms with Crippen molar-refractivity contribution in [3.05, 3.63) is 65.7 Å². The summed E-state index contributed by atoms with van der Waals surface area (Å²) in [4.78, 5) is 11.9. The second-order valence-corrected chi connectivity index (χ2v) is 9.09. The lowest BCUT2D eigenvalue weighted by molar-refractivity contribution is 0.269. The Bertz CT molecular complexity index is 857. The smallest absolute Gasteiger partial charge is 0.191 e. The van der Waals surface area contributed by atoms with Crippen molar-refractivity contribution in [1.82, 2.24) is 20.4 Å². The van der Waals surface area contributed by atoms with E-state index in [1.54, 1.807) is 0 Å². The summed E-state index contributed by atoms with van der Waals surface area (Å²) >= 11 is 0. The molecule has 180 valence electrons. The molecule has 0 saturated carbocycles. The molecule has 0 spiro atoms. The summed E-state index contributed by atoms with van der Waals surface area (Å²) in [6.45, 7) is 8.64. The van der Waals surface area contributed by atoms with Crippen molar-refractivity contribution >= 4 is 35.6 Å². The SMILES string of the molecule is CN=C(NCc1ccc(CN2CCCN(C)CC2)cc1)NC1CCN(c2ccccc2)C1.I. The van der Waals surface area contributed by atoms with Crippen LogP contribution in [0.5, 0.6) is 0 Å². The zero-order chi connectivity index (χ0) is 22.2. The molecule has 2 aliphatic rings. The normalized spacial score (nSPS) is 20.2. The molecule has 33 heavy (non-hydrogen) atoms. The summed E-state index contributed by atoms with van der Waals surface area (Å²) < 4.78 is 0. The highest BCUT2D eigenvalue weighted by Crippen LogP contribution is 2.19. The fourth-order valence-corrected chi connectivity index (χ4v) is 4.60.